The van der Waals surface area contributed by atoms with Crippen LogP contribution in [0.3, 0.4) is 0 Å². The Morgan fingerprint density at radius 3 is 2.39 bits per heavy atom. The molecular weight excluding hydrogens is 396 g/mol. The van der Waals surface area contributed by atoms with Crippen LogP contribution in [0.1, 0.15) is 59.5 Å². The highest BCUT2D eigenvalue weighted by atomic mass is 16.5. The van der Waals surface area contributed by atoms with Gasteiger partial charge in [0.1, 0.15) is 0 Å². The zero-order valence-corrected chi connectivity index (χ0v) is 17.7. The van der Waals surface area contributed by atoms with Gasteiger partial charge < -0.3 is 19.3 Å². The molecule has 0 amide bonds. The number of carboxylic acid groups (broad SMARTS) is 1. The van der Waals surface area contributed by atoms with Gasteiger partial charge in [-0.3, -0.25) is 4.79 Å². The van der Waals surface area contributed by atoms with Crippen molar-refractivity contribution < 1.29 is 28.9 Å². The molecule has 1 unspecified atom stereocenters. The molecular formula is C25H26O6. The molecule has 1 saturated carbocycles. The van der Waals surface area contributed by atoms with Crippen molar-refractivity contribution in [2.24, 2.45) is 0 Å². The normalized spacial score (nSPS) is 14.3. The van der Waals surface area contributed by atoms with Gasteiger partial charge in [0.15, 0.2) is 11.5 Å². The van der Waals surface area contributed by atoms with E-state index in [4.69, 9.17) is 14.2 Å². The van der Waals surface area contributed by atoms with E-state index in [1.807, 2.05) is 12.1 Å². The largest absolute Gasteiger partial charge is 0.493 e. The van der Waals surface area contributed by atoms with Crippen LogP contribution in [0.25, 0.3) is 0 Å². The Morgan fingerprint density at radius 2 is 1.77 bits per heavy atom. The quantitative estimate of drug-likeness (QED) is 0.526. The van der Waals surface area contributed by atoms with Crippen molar-refractivity contribution in [2.45, 2.75) is 44.1 Å². The van der Waals surface area contributed by atoms with Gasteiger partial charge in [-0.05, 0) is 67.6 Å². The first kappa shape index (κ1) is 22.2. The van der Waals surface area contributed by atoms with Gasteiger partial charge in [0.05, 0.1) is 38.2 Å². The van der Waals surface area contributed by atoms with Crippen LogP contribution in [0.15, 0.2) is 42.5 Å². The predicted molar refractivity (Wildman–Crippen MR) is 116 cm³/mol. The van der Waals surface area contributed by atoms with E-state index in [0.717, 1.165) is 31.2 Å². The second-order valence-electron chi connectivity index (χ2n) is 7.42. The van der Waals surface area contributed by atoms with E-state index >= 15 is 0 Å². The lowest BCUT2D eigenvalue weighted by Gasteiger charge is -2.18. The van der Waals surface area contributed by atoms with Gasteiger partial charge in [-0.1, -0.05) is 17.9 Å². The molecule has 0 aliphatic heterocycles. The van der Waals surface area contributed by atoms with E-state index in [9.17, 15) is 14.7 Å². The van der Waals surface area contributed by atoms with Gasteiger partial charge >= 0.3 is 11.9 Å². The number of ether oxygens (including phenoxy) is 3. The van der Waals surface area contributed by atoms with Crippen LogP contribution in [0.4, 0.5) is 0 Å². The number of benzene rings is 2. The molecule has 6 nitrogen and oxygen atoms in total. The van der Waals surface area contributed by atoms with E-state index in [2.05, 4.69) is 11.8 Å². The Morgan fingerprint density at radius 1 is 1.06 bits per heavy atom. The van der Waals surface area contributed by atoms with Crippen LogP contribution >= 0.6 is 0 Å². The lowest BCUT2D eigenvalue weighted by atomic mass is 9.95. The molecule has 2 aromatic carbocycles. The van der Waals surface area contributed by atoms with Crippen molar-refractivity contribution in [3.05, 3.63) is 59.2 Å². The highest BCUT2D eigenvalue weighted by molar-refractivity contribution is 5.89. The molecule has 0 aromatic heterocycles. The monoisotopic (exact) mass is 422 g/mol. The second kappa shape index (κ2) is 10.5. The molecule has 0 spiro atoms. The molecule has 0 saturated heterocycles. The lowest BCUT2D eigenvalue weighted by molar-refractivity contribution is -0.137. The summed E-state index contributed by atoms with van der Waals surface area (Å²) in [4.78, 5) is 23.0. The highest BCUT2D eigenvalue weighted by Crippen LogP contribution is 2.35. The van der Waals surface area contributed by atoms with E-state index in [1.165, 1.54) is 7.11 Å². The summed E-state index contributed by atoms with van der Waals surface area (Å²) in [6.07, 6.45) is 4.33. The van der Waals surface area contributed by atoms with Crippen LogP contribution in [0.5, 0.6) is 11.5 Å². The van der Waals surface area contributed by atoms with Gasteiger partial charge in [-0.2, -0.15) is 0 Å². The minimum Gasteiger partial charge on any atom is -0.493 e. The summed E-state index contributed by atoms with van der Waals surface area (Å²) in [5.41, 5.74) is 1.87. The average molecular weight is 422 g/mol. The smallest absolute Gasteiger partial charge is 0.337 e. The van der Waals surface area contributed by atoms with Crippen molar-refractivity contribution in [3.8, 4) is 23.3 Å². The fourth-order valence-electron chi connectivity index (χ4n) is 3.59. The van der Waals surface area contributed by atoms with Gasteiger partial charge in [0.25, 0.3) is 0 Å². The molecule has 0 heterocycles. The van der Waals surface area contributed by atoms with Crippen LogP contribution in [0, 0.1) is 11.8 Å². The molecule has 1 aliphatic rings. The lowest BCUT2D eigenvalue weighted by Crippen LogP contribution is -2.12. The van der Waals surface area contributed by atoms with Crippen molar-refractivity contribution in [2.75, 3.05) is 14.2 Å². The summed E-state index contributed by atoms with van der Waals surface area (Å²) in [6, 6.07) is 12.1. The molecule has 0 radical (unpaired) electrons. The first-order valence-electron chi connectivity index (χ1n) is 10.3. The number of methoxy groups -OCH3 is 2. The topological polar surface area (TPSA) is 82.1 Å². The highest BCUT2D eigenvalue weighted by Gasteiger charge is 2.21. The van der Waals surface area contributed by atoms with E-state index in [-0.39, 0.29) is 12.5 Å². The molecule has 162 valence electrons. The maximum atomic E-state index is 11.6. The number of carbonyl (C=O) groups is 2. The van der Waals surface area contributed by atoms with E-state index in [0.29, 0.717) is 22.6 Å². The Bertz CT molecular complexity index is 977. The molecule has 0 bridgehead atoms. The summed E-state index contributed by atoms with van der Waals surface area (Å²) in [5, 5.41) is 9.39. The zero-order valence-electron chi connectivity index (χ0n) is 17.7. The molecule has 6 heteroatoms. The second-order valence-corrected chi connectivity index (χ2v) is 7.42. The van der Waals surface area contributed by atoms with E-state index in [1.54, 1.807) is 37.4 Å². The van der Waals surface area contributed by atoms with Gasteiger partial charge in [0, 0.05) is 5.56 Å². The third-order valence-electron chi connectivity index (χ3n) is 5.26. The van der Waals surface area contributed by atoms with Crippen molar-refractivity contribution >= 4 is 11.9 Å². The van der Waals surface area contributed by atoms with Gasteiger partial charge in [-0.25, -0.2) is 4.79 Å². The summed E-state index contributed by atoms with van der Waals surface area (Å²) < 4.78 is 16.3. The van der Waals surface area contributed by atoms with Crippen molar-refractivity contribution in [3.63, 3.8) is 0 Å². The average Bonchev–Trinajstić information content (AvgIpc) is 3.29. The molecule has 1 N–H and O–H groups in total. The van der Waals surface area contributed by atoms with Crippen LogP contribution in [0.2, 0.25) is 0 Å². The maximum Gasteiger partial charge on any atom is 0.337 e. The Hall–Kier alpha value is -3.46. The standard InChI is InChI=1S/C25H26O6/c1-29-22-14-13-19(15-23(22)31-21-5-3-4-6-21)20(16-24(26)27)12-9-17-7-10-18(11-8-17)25(28)30-2/h7-8,10-11,13-15,20-21H,3-6,16H2,1-2H3,(H,26,27). The third-order valence-corrected chi connectivity index (χ3v) is 5.26. The Labute approximate surface area is 182 Å². The molecule has 1 atom stereocenters. The maximum absolute atomic E-state index is 11.6. The fourth-order valence-corrected chi connectivity index (χ4v) is 3.59. The molecule has 1 aliphatic carbocycles. The molecule has 31 heavy (non-hydrogen) atoms. The number of rotatable bonds is 7. The summed E-state index contributed by atoms with van der Waals surface area (Å²) >= 11 is 0. The number of aliphatic carboxylic acids is 1. The van der Waals surface area contributed by atoms with Crippen LogP contribution < -0.4 is 9.47 Å². The first-order valence-corrected chi connectivity index (χ1v) is 10.3. The minimum atomic E-state index is -0.936. The minimum absolute atomic E-state index is 0.136. The predicted octanol–water partition coefficient (Wildman–Crippen LogP) is 4.41. The number of hydrogen-bond acceptors (Lipinski definition) is 5. The Kier molecular flexibility index (Phi) is 7.55. The number of carbonyl (C=O) groups excluding carboxylic acids is 1. The molecule has 3 rings (SSSR count). The molecule has 1 fully saturated rings. The van der Waals surface area contributed by atoms with Crippen LogP contribution in [-0.4, -0.2) is 37.4 Å². The SMILES string of the molecule is COC(=O)c1ccc(C#CC(CC(=O)O)c2ccc(OC)c(OC3CCCC3)c2)cc1. The van der Waals surface area contributed by atoms with Gasteiger partial charge in [0.2, 0.25) is 0 Å². The summed E-state index contributed by atoms with van der Waals surface area (Å²) in [7, 11) is 2.91. The van der Waals surface area contributed by atoms with E-state index < -0.39 is 17.9 Å². The third kappa shape index (κ3) is 6.02. The number of esters is 1. The molecule has 2 aromatic rings. The summed E-state index contributed by atoms with van der Waals surface area (Å²) in [6.45, 7) is 0. The zero-order chi connectivity index (χ0) is 22.2. The van der Waals surface area contributed by atoms with Crippen molar-refractivity contribution in [1.29, 1.82) is 0 Å². The fraction of sp³-hybridized carbons (Fsp3) is 0.360. The number of carboxylic acids is 1. The van der Waals surface area contributed by atoms with Crippen molar-refractivity contribution in [1.82, 2.24) is 0 Å². The number of hydrogen-bond donors (Lipinski definition) is 1. The first-order chi connectivity index (χ1) is 15.0. The van der Waals surface area contributed by atoms with Crippen LogP contribution in [-0.2, 0) is 9.53 Å². The van der Waals surface area contributed by atoms with Gasteiger partial charge in [-0.15, -0.1) is 0 Å². The summed E-state index contributed by atoms with van der Waals surface area (Å²) in [5.74, 6) is 5.44. The Balaban J connectivity index is 1.86.